The Balaban J connectivity index is 0.000000109. The van der Waals surface area contributed by atoms with Gasteiger partial charge in [-0.25, -0.2) is 19.9 Å². The van der Waals surface area contributed by atoms with Gasteiger partial charge in [-0.3, -0.25) is 4.57 Å². The van der Waals surface area contributed by atoms with Crippen molar-refractivity contribution in [1.82, 2.24) is 38.2 Å². The van der Waals surface area contributed by atoms with E-state index >= 15 is 0 Å². The van der Waals surface area contributed by atoms with Crippen LogP contribution in [0.15, 0.2) is 531 Å². The van der Waals surface area contributed by atoms with Gasteiger partial charge in [-0.1, -0.05) is 370 Å². The SMILES string of the molecule is c1ccc(-c2cccc(-c3cc(-c4cccc(-c5ccccc5)c4)nc(-c4cccc5c4oc4ccccc45)n3)c2)cc1.c1ccc(-c2cccc(-c3cc(-n4c5ccccc5c5ccccc54)nc(-c4cccc5c4oc4ccccc45)n3)c2)cc1.c1ccc(-n2c3ccccc3c3cc(-c4cccc(-n5c6ccccc6c6cc(-c7cccc(-n8c9ccccc9c9ccccc98)c7)ccc65)c4)ccc32)cc1. The minimum Gasteiger partial charge on any atom is -0.455 e. The van der Waals surface area contributed by atoms with E-state index < -0.39 is 0 Å². The van der Waals surface area contributed by atoms with Gasteiger partial charge in [-0.05, 0) is 201 Å². The average molecular weight is 1840 g/mol. The van der Waals surface area contributed by atoms with Crippen LogP contribution in [0.3, 0.4) is 0 Å². The lowest BCUT2D eigenvalue weighted by Crippen LogP contribution is -2.02. The number of rotatable bonds is 14. The first-order valence-corrected chi connectivity index (χ1v) is 48.8. The molecule has 674 valence electrons. The van der Waals surface area contributed by atoms with Crippen molar-refractivity contribution >= 4 is 131 Å². The van der Waals surface area contributed by atoms with E-state index in [1.165, 1.54) is 121 Å². The Morgan fingerprint density at radius 2 is 0.403 bits per heavy atom. The topological polar surface area (TPSA) is 97.6 Å². The van der Waals surface area contributed by atoms with Gasteiger partial charge in [0, 0.05) is 104 Å². The number of aromatic nitrogens is 8. The molecule has 0 amide bonds. The molecule has 0 aliphatic heterocycles. The lowest BCUT2D eigenvalue weighted by atomic mass is 9.99. The van der Waals surface area contributed by atoms with E-state index in [-0.39, 0.29) is 0 Å². The van der Waals surface area contributed by atoms with Gasteiger partial charge in [0.1, 0.15) is 28.1 Å². The van der Waals surface area contributed by atoms with Gasteiger partial charge < -0.3 is 22.5 Å². The monoisotopic (exact) mass is 1840 g/mol. The number of hydrogen-bond acceptors (Lipinski definition) is 6. The van der Waals surface area contributed by atoms with Crippen molar-refractivity contribution in [2.75, 3.05) is 0 Å². The zero-order valence-corrected chi connectivity index (χ0v) is 78.0. The molecule has 0 atom stereocenters. The molecule has 29 rings (SSSR count). The van der Waals surface area contributed by atoms with Gasteiger partial charge in [0.15, 0.2) is 11.6 Å². The first kappa shape index (κ1) is 83.9. The van der Waals surface area contributed by atoms with Crippen molar-refractivity contribution < 1.29 is 8.83 Å². The number of furan rings is 2. The van der Waals surface area contributed by atoms with Crippen LogP contribution in [0.2, 0.25) is 0 Å². The first-order chi connectivity index (χ1) is 71.4. The van der Waals surface area contributed by atoms with Gasteiger partial charge in [0.2, 0.25) is 0 Å². The van der Waals surface area contributed by atoms with Crippen molar-refractivity contribution in [3.05, 3.63) is 522 Å². The largest absolute Gasteiger partial charge is 0.455 e. The van der Waals surface area contributed by atoms with Crippen molar-refractivity contribution in [1.29, 1.82) is 0 Å². The molecule has 0 radical (unpaired) electrons. The van der Waals surface area contributed by atoms with Crippen LogP contribution in [0.25, 0.3) is 266 Å². The molecular formula is C134H86N8O2. The zero-order valence-electron chi connectivity index (χ0n) is 78.0. The van der Waals surface area contributed by atoms with Gasteiger partial charge >= 0.3 is 0 Å². The normalized spacial score (nSPS) is 11.6. The second-order valence-corrected chi connectivity index (χ2v) is 36.6. The fourth-order valence-electron chi connectivity index (χ4n) is 21.5. The zero-order chi connectivity index (χ0) is 95.1. The summed E-state index contributed by atoms with van der Waals surface area (Å²) in [6.07, 6.45) is 0. The van der Waals surface area contributed by atoms with Crippen molar-refractivity contribution in [2.24, 2.45) is 0 Å². The van der Waals surface area contributed by atoms with E-state index in [0.29, 0.717) is 11.6 Å². The third kappa shape index (κ3) is 14.9. The van der Waals surface area contributed by atoms with E-state index in [2.05, 4.69) is 479 Å². The number of nitrogens with zero attached hydrogens (tertiary/aromatic N) is 8. The van der Waals surface area contributed by atoms with Gasteiger partial charge in [0.05, 0.1) is 72.3 Å². The maximum Gasteiger partial charge on any atom is 0.165 e. The summed E-state index contributed by atoms with van der Waals surface area (Å²) in [5, 5.41) is 14.2. The highest BCUT2D eigenvalue weighted by atomic mass is 16.3. The molecule has 144 heavy (non-hydrogen) atoms. The maximum atomic E-state index is 6.44. The second kappa shape index (κ2) is 35.5. The molecule has 0 aliphatic carbocycles. The number of para-hydroxylation sites is 11. The van der Waals surface area contributed by atoms with Crippen LogP contribution in [0.5, 0.6) is 0 Å². The predicted molar refractivity (Wildman–Crippen MR) is 597 cm³/mol. The number of fused-ring (bicyclic) bond motifs is 18. The Labute approximate surface area is 829 Å². The molecule has 8 heterocycles. The Morgan fingerprint density at radius 3 is 0.792 bits per heavy atom. The Hall–Kier alpha value is -19.4. The average Bonchev–Trinajstić information content (AvgIpc) is 1.55. The Kier molecular flexibility index (Phi) is 20.7. The summed E-state index contributed by atoms with van der Waals surface area (Å²) in [5.41, 5.74) is 35.3. The number of hydrogen-bond donors (Lipinski definition) is 0. The van der Waals surface area contributed by atoms with Crippen LogP contribution in [0.1, 0.15) is 0 Å². The molecule has 0 bridgehead atoms. The van der Waals surface area contributed by atoms with Gasteiger partial charge in [-0.15, -0.1) is 0 Å². The summed E-state index contributed by atoms with van der Waals surface area (Å²) < 4.78 is 22.3. The van der Waals surface area contributed by atoms with Crippen LogP contribution in [0, 0.1) is 0 Å². The molecule has 29 aromatic rings. The van der Waals surface area contributed by atoms with E-state index in [9.17, 15) is 0 Å². The third-order valence-electron chi connectivity index (χ3n) is 28.1. The molecule has 0 spiro atoms. The quantitative estimate of drug-likeness (QED) is 0.108. The third-order valence-corrected chi connectivity index (χ3v) is 28.1. The summed E-state index contributed by atoms with van der Waals surface area (Å²) in [6.45, 7) is 0. The van der Waals surface area contributed by atoms with Gasteiger partial charge in [-0.2, -0.15) is 0 Å². The summed E-state index contributed by atoms with van der Waals surface area (Å²) >= 11 is 0. The second-order valence-electron chi connectivity index (χ2n) is 36.6. The van der Waals surface area contributed by atoms with Crippen molar-refractivity contribution in [3.63, 3.8) is 0 Å². The van der Waals surface area contributed by atoms with Crippen molar-refractivity contribution in [3.8, 4) is 135 Å². The highest BCUT2D eigenvalue weighted by molar-refractivity contribution is 6.16. The van der Waals surface area contributed by atoms with Gasteiger partial charge in [0.25, 0.3) is 0 Å². The highest BCUT2D eigenvalue weighted by Crippen LogP contribution is 2.46. The van der Waals surface area contributed by atoms with E-state index in [0.717, 1.165) is 134 Å². The molecule has 0 saturated heterocycles. The van der Waals surface area contributed by atoms with E-state index in [4.69, 9.17) is 28.8 Å². The highest BCUT2D eigenvalue weighted by Gasteiger charge is 2.25. The van der Waals surface area contributed by atoms with Crippen LogP contribution in [-0.4, -0.2) is 38.2 Å². The molecule has 0 aliphatic rings. The molecule has 21 aromatic carbocycles. The molecule has 10 heteroatoms. The lowest BCUT2D eigenvalue weighted by molar-refractivity contribution is 0.669. The molecular weight excluding hydrogens is 1750 g/mol. The summed E-state index contributed by atoms with van der Waals surface area (Å²) in [6, 6.07) is 184. The van der Waals surface area contributed by atoms with Crippen LogP contribution < -0.4 is 0 Å². The fourth-order valence-corrected chi connectivity index (χ4v) is 21.5. The predicted octanol–water partition coefficient (Wildman–Crippen LogP) is 35.5. The Morgan fingerprint density at radius 1 is 0.146 bits per heavy atom. The summed E-state index contributed by atoms with van der Waals surface area (Å²) in [4.78, 5) is 20.8. The summed E-state index contributed by atoms with van der Waals surface area (Å²) in [7, 11) is 0. The minimum atomic E-state index is 0.620. The molecule has 0 saturated carbocycles. The van der Waals surface area contributed by atoms with Crippen LogP contribution in [-0.2, 0) is 0 Å². The minimum absolute atomic E-state index is 0.620. The maximum absolute atomic E-state index is 6.44. The fraction of sp³-hybridized carbons (Fsp3) is 0. The Bertz CT molecular complexity index is 9860. The van der Waals surface area contributed by atoms with Crippen LogP contribution in [0.4, 0.5) is 0 Å². The molecule has 10 nitrogen and oxygen atoms in total. The van der Waals surface area contributed by atoms with Crippen LogP contribution >= 0.6 is 0 Å². The molecule has 0 unspecified atom stereocenters. The molecule has 8 aromatic heterocycles. The summed E-state index contributed by atoms with van der Waals surface area (Å²) in [5.74, 6) is 2.06. The van der Waals surface area contributed by atoms with Crippen molar-refractivity contribution in [2.45, 2.75) is 0 Å². The standard InChI is InChI=1S/C54H35N3.C40H25N3O.C40H26N2O/c1-2-16-40(17-3-1)55-51-26-10-6-22-45(51)47-34-38(28-30-53(47)55)37-15-13-19-42(33-37)57-52-27-11-7-23-46(52)48-35-39(29-31-54(48)57)36-14-12-18-41(32-36)56-49-24-8-4-20-43(49)44-21-5-9-25-50(44)56;1-2-12-26(13-3-1)27-14-10-15-28(24-27)34-25-38(43-35-21-7-4-16-29(35)30-17-5-8-22-36(30)43)42-40(41-34)33-20-11-19-32-31-18-6-9-23-37(31)44-39(32)33;1-3-12-27(13-4-1)29-16-9-18-31(24-29)36-26-37(32-19-10-17-30(25-32)28-14-5-2-6-15-28)42-40(41-36)35-22-11-21-34-33-20-7-8-23-38(33)43-39(34)35/h1-35H;1-25H;1-26H. The number of benzene rings is 21. The first-order valence-electron chi connectivity index (χ1n) is 48.8. The molecule has 0 fully saturated rings. The lowest BCUT2D eigenvalue weighted by Gasteiger charge is -2.13. The molecule has 0 N–H and O–H groups in total. The van der Waals surface area contributed by atoms with E-state index in [1.54, 1.807) is 0 Å². The van der Waals surface area contributed by atoms with E-state index in [1.807, 2.05) is 60.7 Å². The smallest absolute Gasteiger partial charge is 0.165 e.